The fourth-order valence-electron chi connectivity index (χ4n) is 8.16. The van der Waals surface area contributed by atoms with E-state index in [0.29, 0.717) is 31.0 Å². The summed E-state index contributed by atoms with van der Waals surface area (Å²) in [5, 5.41) is 36.2. The van der Waals surface area contributed by atoms with Gasteiger partial charge < -0.3 is 34.8 Å². The molecule has 1 saturated heterocycles. The first kappa shape index (κ1) is 34.5. The van der Waals surface area contributed by atoms with Gasteiger partial charge in [-0.1, -0.05) is 19.3 Å². The zero-order valence-corrected chi connectivity index (χ0v) is 28.1. The summed E-state index contributed by atoms with van der Waals surface area (Å²) in [6.45, 7) is 7.33. The lowest BCUT2D eigenvalue weighted by Gasteiger charge is -2.48. The van der Waals surface area contributed by atoms with Crippen LogP contribution in [0.1, 0.15) is 108 Å². The van der Waals surface area contributed by atoms with E-state index in [2.05, 4.69) is 16.3 Å². The van der Waals surface area contributed by atoms with Crippen molar-refractivity contribution < 1.29 is 39.1 Å². The molecule has 0 aromatic heterocycles. The van der Waals surface area contributed by atoms with E-state index < -0.39 is 29.7 Å². The Kier molecular flexibility index (Phi) is 10.9. The molecule has 10 nitrogen and oxygen atoms in total. The number of hydrogen-bond acceptors (Lipinski definition) is 9. The molecule has 5 atom stereocenters. The van der Waals surface area contributed by atoms with E-state index >= 15 is 0 Å². The first-order chi connectivity index (χ1) is 21.9. The number of nitrogens with one attached hydrogen (secondary N) is 1. The molecule has 256 valence electrons. The summed E-state index contributed by atoms with van der Waals surface area (Å²) in [5.74, 6) is -0.446. The maximum Gasteiger partial charge on any atom is 0.339 e. The minimum atomic E-state index is -2.09. The maximum atomic E-state index is 14.2. The van der Waals surface area contributed by atoms with Crippen molar-refractivity contribution in [3.8, 4) is 11.5 Å². The lowest BCUT2D eigenvalue weighted by atomic mass is 9.71. The molecule has 1 amide bonds. The van der Waals surface area contributed by atoms with Crippen LogP contribution < -0.4 is 10.1 Å². The Morgan fingerprint density at radius 1 is 1.04 bits per heavy atom. The second-order valence-electron chi connectivity index (χ2n) is 14.4. The second-order valence-corrected chi connectivity index (χ2v) is 14.4. The number of methoxy groups -OCH3 is 1. The number of aliphatic hydroxyl groups is 2. The Labute approximate surface area is 273 Å². The van der Waals surface area contributed by atoms with Gasteiger partial charge in [0.05, 0.1) is 25.7 Å². The lowest BCUT2D eigenvalue weighted by molar-refractivity contribution is -0.177. The van der Waals surface area contributed by atoms with Gasteiger partial charge in [-0.3, -0.25) is 9.69 Å². The highest BCUT2D eigenvalue weighted by molar-refractivity contribution is 5.88. The zero-order valence-electron chi connectivity index (χ0n) is 28.1. The number of carbonyl (C=O) groups excluding carboxylic acids is 2. The standard InChI is InChI=1S/C36H54N2O8/c1-5-45-28-21-26-23(19-27(28)39)14-18-38-17-9-11-24-20-29(44-4)33(31(26)32(24)38)46-34(41)36(43,16-10-15-35(2,3)42)22-30(40)37-25-12-7-6-8-13-25/h19-21,24-25,31-33,39,42-43H,5-18,22H2,1-4H3,(H,37,40). The second kappa shape index (κ2) is 14.5. The summed E-state index contributed by atoms with van der Waals surface area (Å²) < 4.78 is 18.1. The molecular weight excluding hydrogens is 588 g/mol. The molecule has 0 radical (unpaired) electrons. The number of rotatable bonds is 12. The molecule has 1 saturated carbocycles. The van der Waals surface area contributed by atoms with Crippen LogP contribution >= 0.6 is 0 Å². The Bertz CT molecular complexity index is 1270. The van der Waals surface area contributed by atoms with Crippen molar-refractivity contribution in [2.45, 2.75) is 133 Å². The van der Waals surface area contributed by atoms with Gasteiger partial charge in [-0.15, -0.1) is 0 Å². The number of piperidine rings is 1. The largest absolute Gasteiger partial charge is 0.504 e. The van der Waals surface area contributed by atoms with Gasteiger partial charge in [-0.2, -0.15) is 0 Å². The predicted octanol–water partition coefficient (Wildman–Crippen LogP) is 4.48. The van der Waals surface area contributed by atoms with E-state index in [-0.39, 0.29) is 42.0 Å². The fourth-order valence-corrected chi connectivity index (χ4v) is 8.16. The molecule has 5 rings (SSSR count). The Morgan fingerprint density at radius 2 is 1.80 bits per heavy atom. The lowest BCUT2D eigenvalue weighted by Crippen LogP contribution is -2.55. The molecule has 4 aliphatic rings. The smallest absolute Gasteiger partial charge is 0.339 e. The summed E-state index contributed by atoms with van der Waals surface area (Å²) in [5.41, 5.74) is -1.19. The highest BCUT2D eigenvalue weighted by Gasteiger charge is 2.51. The molecule has 4 N–H and O–H groups in total. The van der Waals surface area contributed by atoms with Crippen LogP contribution in [0.2, 0.25) is 0 Å². The topological polar surface area (TPSA) is 138 Å². The van der Waals surface area contributed by atoms with Gasteiger partial charge in [0.1, 0.15) is 5.76 Å². The third kappa shape index (κ3) is 7.82. The molecule has 2 fully saturated rings. The highest BCUT2D eigenvalue weighted by atomic mass is 16.6. The number of esters is 1. The predicted molar refractivity (Wildman–Crippen MR) is 174 cm³/mol. The average molecular weight is 643 g/mol. The van der Waals surface area contributed by atoms with Crippen LogP contribution in [0.15, 0.2) is 24.0 Å². The number of nitrogens with zero attached hydrogens (tertiary/aromatic N) is 1. The number of phenols is 1. The summed E-state index contributed by atoms with van der Waals surface area (Å²) in [6.07, 6.45) is 9.16. The number of carbonyl (C=O) groups is 2. The summed E-state index contributed by atoms with van der Waals surface area (Å²) in [7, 11) is 1.57. The normalized spacial score (nSPS) is 26.4. The number of amides is 1. The monoisotopic (exact) mass is 642 g/mol. The number of ether oxygens (including phenoxy) is 3. The summed E-state index contributed by atoms with van der Waals surface area (Å²) in [6, 6.07) is 3.69. The molecule has 1 aromatic rings. The first-order valence-electron chi connectivity index (χ1n) is 17.4. The van der Waals surface area contributed by atoms with Crippen molar-refractivity contribution in [1.29, 1.82) is 0 Å². The number of benzene rings is 1. The Morgan fingerprint density at radius 3 is 2.50 bits per heavy atom. The van der Waals surface area contributed by atoms with Gasteiger partial charge in [0.25, 0.3) is 0 Å². The van der Waals surface area contributed by atoms with Crippen molar-refractivity contribution >= 4 is 11.9 Å². The van der Waals surface area contributed by atoms with Crippen LogP contribution in [-0.4, -0.2) is 88.3 Å². The molecule has 2 aliphatic carbocycles. The zero-order chi connectivity index (χ0) is 33.1. The van der Waals surface area contributed by atoms with E-state index in [1.54, 1.807) is 27.0 Å². The van der Waals surface area contributed by atoms with Crippen LogP contribution in [0, 0.1) is 5.92 Å². The molecule has 2 aliphatic heterocycles. The minimum absolute atomic E-state index is 0.0172. The molecule has 0 spiro atoms. The minimum Gasteiger partial charge on any atom is -0.504 e. The van der Waals surface area contributed by atoms with Crippen LogP contribution in [0.4, 0.5) is 0 Å². The highest BCUT2D eigenvalue weighted by Crippen LogP contribution is 2.49. The van der Waals surface area contributed by atoms with E-state index in [1.165, 1.54) is 0 Å². The molecular formula is C36H54N2O8. The number of fused-ring (bicyclic) bond motifs is 2. The van der Waals surface area contributed by atoms with Gasteiger partial charge in [-0.25, -0.2) is 4.79 Å². The molecule has 46 heavy (non-hydrogen) atoms. The Hall–Kier alpha value is -2.82. The van der Waals surface area contributed by atoms with E-state index in [4.69, 9.17) is 14.2 Å². The summed E-state index contributed by atoms with van der Waals surface area (Å²) >= 11 is 0. The van der Waals surface area contributed by atoms with Crippen molar-refractivity contribution in [3.05, 3.63) is 35.1 Å². The molecule has 10 heteroatoms. The fraction of sp³-hybridized carbons (Fsp3) is 0.722. The molecule has 2 heterocycles. The maximum absolute atomic E-state index is 14.2. The van der Waals surface area contributed by atoms with E-state index in [9.17, 15) is 24.9 Å². The third-order valence-electron chi connectivity index (χ3n) is 10.4. The van der Waals surface area contributed by atoms with Gasteiger partial charge in [0.2, 0.25) is 5.91 Å². The van der Waals surface area contributed by atoms with Gasteiger partial charge in [-0.05, 0) is 114 Å². The van der Waals surface area contributed by atoms with Gasteiger partial charge >= 0.3 is 5.97 Å². The number of phenolic OH excluding ortho intramolecular Hbond substituents is 1. The number of hydrogen-bond donors (Lipinski definition) is 4. The van der Waals surface area contributed by atoms with Crippen LogP contribution in [0.5, 0.6) is 11.5 Å². The van der Waals surface area contributed by atoms with Crippen LogP contribution in [0.3, 0.4) is 0 Å². The molecule has 5 unspecified atom stereocenters. The van der Waals surface area contributed by atoms with Crippen molar-refractivity contribution in [3.63, 3.8) is 0 Å². The summed E-state index contributed by atoms with van der Waals surface area (Å²) in [4.78, 5) is 30.0. The van der Waals surface area contributed by atoms with Gasteiger partial charge in [0.15, 0.2) is 23.2 Å². The van der Waals surface area contributed by atoms with E-state index in [0.717, 1.165) is 75.6 Å². The SMILES string of the molecule is CCOc1cc2c(cc1O)CCN1CCCC3C=C(OC)C(OC(=O)C(O)(CCCC(C)(C)O)CC(=O)NC4CCCCC4)C2C31. The van der Waals surface area contributed by atoms with Crippen LogP contribution in [-0.2, 0) is 25.5 Å². The quantitative estimate of drug-likeness (QED) is 0.243. The third-order valence-corrected chi connectivity index (χ3v) is 10.4. The Balaban J connectivity index is 1.48. The van der Waals surface area contributed by atoms with Gasteiger partial charge in [0, 0.05) is 24.5 Å². The molecule has 1 aromatic carbocycles. The first-order valence-corrected chi connectivity index (χ1v) is 17.4. The van der Waals surface area contributed by atoms with Crippen molar-refractivity contribution in [2.24, 2.45) is 5.92 Å². The molecule has 0 bridgehead atoms. The van der Waals surface area contributed by atoms with Crippen molar-refractivity contribution in [2.75, 3.05) is 26.8 Å². The van der Waals surface area contributed by atoms with Crippen molar-refractivity contribution in [1.82, 2.24) is 10.2 Å². The van der Waals surface area contributed by atoms with E-state index in [1.807, 2.05) is 13.0 Å². The average Bonchev–Trinajstić information content (AvgIpc) is 3.16. The number of aromatic hydroxyl groups is 1. The van der Waals surface area contributed by atoms with Crippen LogP contribution in [0.25, 0.3) is 0 Å².